The van der Waals surface area contributed by atoms with Gasteiger partial charge in [0.2, 0.25) is 5.91 Å². The van der Waals surface area contributed by atoms with Crippen LogP contribution >= 0.6 is 0 Å². The van der Waals surface area contributed by atoms with Gasteiger partial charge in [0.25, 0.3) is 5.91 Å². The number of hydrogen-bond acceptors (Lipinski definition) is 3. The maximum atomic E-state index is 13.5. The number of aromatic nitrogens is 2. The fourth-order valence-electron chi connectivity index (χ4n) is 2.43. The minimum absolute atomic E-state index is 0.305. The van der Waals surface area contributed by atoms with E-state index in [1.807, 2.05) is 35.0 Å². The van der Waals surface area contributed by atoms with Gasteiger partial charge in [-0.15, -0.1) is 0 Å². The van der Waals surface area contributed by atoms with E-state index in [1.54, 1.807) is 0 Å². The number of fused-ring (bicyclic) bond motifs is 1. The van der Waals surface area contributed by atoms with Crippen molar-refractivity contribution in [2.75, 3.05) is 13.1 Å². The Morgan fingerprint density at radius 1 is 1.12 bits per heavy atom. The third-order valence-corrected chi connectivity index (χ3v) is 3.70. The van der Waals surface area contributed by atoms with Crippen molar-refractivity contribution >= 4 is 17.5 Å². The normalized spacial score (nSPS) is 10.7. The van der Waals surface area contributed by atoms with Crippen LogP contribution in [0.15, 0.2) is 48.8 Å². The molecule has 0 spiro atoms. The zero-order valence-corrected chi connectivity index (χ0v) is 13.7. The molecule has 2 heterocycles. The molecule has 0 saturated heterocycles. The first-order valence-electron chi connectivity index (χ1n) is 7.95. The lowest BCUT2D eigenvalue weighted by Crippen LogP contribution is -2.38. The monoisotopic (exact) mass is 358 g/mol. The molecule has 0 aliphatic rings. The Balaban J connectivity index is 1.44. The number of carbonyl (C=O) groups excluding carboxylic acids is 2. The summed E-state index contributed by atoms with van der Waals surface area (Å²) in [7, 11) is 0. The second-order valence-electron chi connectivity index (χ2n) is 5.61. The Hall–Kier alpha value is -3.29. The predicted octanol–water partition coefficient (Wildman–Crippen LogP) is 1.70. The Morgan fingerprint density at radius 2 is 1.96 bits per heavy atom. The highest BCUT2D eigenvalue weighted by atomic mass is 19.1. The number of benzene rings is 1. The lowest BCUT2D eigenvalue weighted by molar-refractivity contribution is -0.120. The smallest absolute Gasteiger partial charge is 0.254 e. The fourth-order valence-corrected chi connectivity index (χ4v) is 2.43. The van der Waals surface area contributed by atoms with Crippen LogP contribution in [0.25, 0.3) is 5.65 Å². The molecule has 0 bridgehead atoms. The van der Waals surface area contributed by atoms with Gasteiger partial charge in [-0.05, 0) is 24.3 Å². The molecule has 0 radical (unpaired) electrons. The lowest BCUT2D eigenvalue weighted by atomic mass is 10.2. The van der Waals surface area contributed by atoms with Crippen molar-refractivity contribution in [3.05, 3.63) is 71.7 Å². The first kappa shape index (κ1) is 17.5. The Labute approximate surface area is 147 Å². The molecule has 8 heteroatoms. The summed E-state index contributed by atoms with van der Waals surface area (Å²) in [5, 5.41) is 4.95. The lowest BCUT2D eigenvalue weighted by Gasteiger charge is -2.07. The summed E-state index contributed by atoms with van der Waals surface area (Å²) in [6.07, 6.45) is 4.29. The molecule has 134 valence electrons. The molecular formula is C18H16F2N4O2. The van der Waals surface area contributed by atoms with Gasteiger partial charge in [0.05, 0.1) is 17.8 Å². The van der Waals surface area contributed by atoms with Crippen LogP contribution in [0, 0.1) is 11.6 Å². The average Bonchev–Trinajstić information content (AvgIpc) is 3.02. The number of halogens is 2. The van der Waals surface area contributed by atoms with Gasteiger partial charge in [0.15, 0.2) is 0 Å². The minimum Gasteiger partial charge on any atom is -0.354 e. The van der Waals surface area contributed by atoms with Crippen molar-refractivity contribution < 1.29 is 18.4 Å². The van der Waals surface area contributed by atoms with E-state index in [4.69, 9.17) is 0 Å². The Kier molecular flexibility index (Phi) is 5.21. The van der Waals surface area contributed by atoms with Crippen LogP contribution in [0.1, 0.15) is 16.1 Å². The molecule has 0 fully saturated rings. The van der Waals surface area contributed by atoms with E-state index in [2.05, 4.69) is 15.6 Å². The number of pyridine rings is 1. The topological polar surface area (TPSA) is 75.5 Å². The van der Waals surface area contributed by atoms with Crippen LogP contribution in [-0.2, 0) is 11.2 Å². The minimum atomic E-state index is -0.977. The summed E-state index contributed by atoms with van der Waals surface area (Å²) in [5.41, 5.74) is 1.33. The molecule has 6 nitrogen and oxygen atoms in total. The molecule has 1 aromatic carbocycles. The number of rotatable bonds is 6. The van der Waals surface area contributed by atoms with Crippen molar-refractivity contribution in [3.8, 4) is 0 Å². The van der Waals surface area contributed by atoms with E-state index in [1.165, 1.54) is 0 Å². The van der Waals surface area contributed by atoms with Crippen LogP contribution in [0.5, 0.6) is 0 Å². The predicted molar refractivity (Wildman–Crippen MR) is 90.6 cm³/mol. The molecule has 2 N–H and O–H groups in total. The standard InChI is InChI=1S/C18H16F2N4O2/c19-12-4-5-14(15(20)9-12)18(26)22-10-17(25)21-7-6-13-11-24-8-2-1-3-16(24)23-13/h1-5,8-9,11H,6-7,10H2,(H,21,25)(H,22,26). The summed E-state index contributed by atoms with van der Waals surface area (Å²) < 4.78 is 28.2. The molecule has 3 aromatic rings. The van der Waals surface area contributed by atoms with Gasteiger partial charge in [-0.3, -0.25) is 9.59 Å². The molecular weight excluding hydrogens is 342 g/mol. The third-order valence-electron chi connectivity index (χ3n) is 3.70. The number of hydrogen-bond donors (Lipinski definition) is 2. The third kappa shape index (κ3) is 4.21. The van der Waals surface area contributed by atoms with E-state index in [9.17, 15) is 18.4 Å². The van der Waals surface area contributed by atoms with Crippen molar-refractivity contribution in [1.29, 1.82) is 0 Å². The first-order chi connectivity index (χ1) is 12.5. The molecule has 2 aromatic heterocycles. The maximum absolute atomic E-state index is 13.5. The quantitative estimate of drug-likeness (QED) is 0.704. The SMILES string of the molecule is O=C(CNC(=O)c1ccc(F)cc1F)NCCc1cn2ccccc2n1. The highest BCUT2D eigenvalue weighted by Gasteiger charge is 2.13. The van der Waals surface area contributed by atoms with E-state index in [0.29, 0.717) is 19.0 Å². The summed E-state index contributed by atoms with van der Waals surface area (Å²) in [6, 6.07) is 8.29. The van der Waals surface area contributed by atoms with Crippen LogP contribution in [-0.4, -0.2) is 34.3 Å². The van der Waals surface area contributed by atoms with Crippen molar-refractivity contribution in [2.24, 2.45) is 0 Å². The molecule has 0 aliphatic heterocycles. The Bertz CT molecular complexity index is 922. The fraction of sp³-hybridized carbons (Fsp3) is 0.167. The second-order valence-corrected chi connectivity index (χ2v) is 5.61. The second kappa shape index (κ2) is 7.73. The van der Waals surface area contributed by atoms with Crippen molar-refractivity contribution in [3.63, 3.8) is 0 Å². The van der Waals surface area contributed by atoms with Gasteiger partial charge in [0.1, 0.15) is 17.3 Å². The zero-order valence-electron chi connectivity index (χ0n) is 13.7. The van der Waals surface area contributed by atoms with Crippen LogP contribution < -0.4 is 10.6 Å². The van der Waals surface area contributed by atoms with E-state index in [-0.39, 0.29) is 12.1 Å². The number of imidazole rings is 1. The summed E-state index contributed by atoms with van der Waals surface area (Å²) in [6.45, 7) is 0.0459. The van der Waals surface area contributed by atoms with Gasteiger partial charge < -0.3 is 15.0 Å². The van der Waals surface area contributed by atoms with Crippen molar-refractivity contribution in [1.82, 2.24) is 20.0 Å². The molecule has 26 heavy (non-hydrogen) atoms. The van der Waals surface area contributed by atoms with Gasteiger partial charge >= 0.3 is 0 Å². The molecule has 0 aliphatic carbocycles. The van der Waals surface area contributed by atoms with Crippen LogP contribution in [0.4, 0.5) is 8.78 Å². The summed E-state index contributed by atoms with van der Waals surface area (Å²) in [5.74, 6) is -2.94. The maximum Gasteiger partial charge on any atom is 0.254 e. The molecule has 2 amide bonds. The highest BCUT2D eigenvalue weighted by molar-refractivity contribution is 5.96. The van der Waals surface area contributed by atoms with Crippen molar-refractivity contribution in [2.45, 2.75) is 6.42 Å². The molecule has 3 rings (SSSR count). The highest BCUT2D eigenvalue weighted by Crippen LogP contribution is 2.09. The number of carbonyl (C=O) groups is 2. The summed E-state index contributed by atoms with van der Waals surface area (Å²) >= 11 is 0. The van der Waals surface area contributed by atoms with E-state index >= 15 is 0 Å². The van der Waals surface area contributed by atoms with E-state index in [0.717, 1.165) is 23.5 Å². The average molecular weight is 358 g/mol. The van der Waals surface area contributed by atoms with E-state index < -0.39 is 23.4 Å². The first-order valence-corrected chi connectivity index (χ1v) is 7.95. The summed E-state index contributed by atoms with van der Waals surface area (Å²) in [4.78, 5) is 28.0. The van der Waals surface area contributed by atoms with Crippen LogP contribution in [0.2, 0.25) is 0 Å². The molecule has 0 saturated carbocycles. The molecule has 0 atom stereocenters. The largest absolute Gasteiger partial charge is 0.354 e. The number of nitrogens with zero attached hydrogens (tertiary/aromatic N) is 2. The Morgan fingerprint density at radius 3 is 2.73 bits per heavy atom. The van der Waals surface area contributed by atoms with Gasteiger partial charge in [-0.1, -0.05) is 6.07 Å². The zero-order chi connectivity index (χ0) is 18.5. The molecule has 0 unspecified atom stereocenters. The number of amides is 2. The number of nitrogens with one attached hydrogen (secondary N) is 2. The van der Waals surface area contributed by atoms with Crippen LogP contribution in [0.3, 0.4) is 0 Å². The van der Waals surface area contributed by atoms with Gasteiger partial charge in [-0.25, -0.2) is 13.8 Å². The van der Waals surface area contributed by atoms with Gasteiger partial charge in [0, 0.05) is 31.4 Å². The van der Waals surface area contributed by atoms with Gasteiger partial charge in [-0.2, -0.15) is 0 Å².